The fourth-order valence-electron chi connectivity index (χ4n) is 1.94. The third kappa shape index (κ3) is 2.55. The number of nitrogens with zero attached hydrogens (tertiary/aromatic N) is 6. The third-order valence-electron chi connectivity index (χ3n) is 2.95. The van der Waals surface area contributed by atoms with E-state index in [1.54, 1.807) is 28.7 Å². The van der Waals surface area contributed by atoms with Gasteiger partial charge in [-0.25, -0.2) is 9.97 Å². The van der Waals surface area contributed by atoms with Crippen molar-refractivity contribution in [2.75, 3.05) is 24.3 Å². The number of nitro groups is 1. The molecule has 0 saturated carbocycles. The molecule has 1 N–H and O–H groups in total. The van der Waals surface area contributed by atoms with E-state index in [9.17, 15) is 10.1 Å². The van der Waals surface area contributed by atoms with Crippen LogP contribution in [0.3, 0.4) is 0 Å². The van der Waals surface area contributed by atoms with Crippen molar-refractivity contribution in [3.05, 3.63) is 39.6 Å². The molecule has 0 saturated heterocycles. The molecule has 10 heteroatoms. The van der Waals surface area contributed by atoms with E-state index in [-0.39, 0.29) is 11.6 Å². The van der Waals surface area contributed by atoms with Gasteiger partial charge in [-0.3, -0.25) is 0 Å². The lowest BCUT2D eigenvalue weighted by atomic mass is 10.4. The molecular formula is C12H13N7O2S. The van der Waals surface area contributed by atoms with Crippen LogP contribution in [0.1, 0.15) is 5.69 Å². The van der Waals surface area contributed by atoms with E-state index < -0.39 is 4.92 Å². The van der Waals surface area contributed by atoms with Gasteiger partial charge in [0.25, 0.3) is 4.96 Å². The van der Waals surface area contributed by atoms with Crippen molar-refractivity contribution in [2.24, 2.45) is 0 Å². The minimum atomic E-state index is -0.444. The topological polar surface area (TPSA) is 101 Å². The van der Waals surface area contributed by atoms with Crippen molar-refractivity contribution in [3.8, 4) is 0 Å². The van der Waals surface area contributed by atoms with Crippen LogP contribution in [0, 0.1) is 10.1 Å². The minimum Gasteiger partial charge on any atom is -0.358 e. The second kappa shape index (κ2) is 5.56. The van der Waals surface area contributed by atoms with Crippen LogP contribution in [0.2, 0.25) is 0 Å². The zero-order valence-corrected chi connectivity index (χ0v) is 12.7. The number of anilines is 2. The average Bonchev–Trinajstić information content (AvgIpc) is 3.05. The van der Waals surface area contributed by atoms with Gasteiger partial charge in [-0.1, -0.05) is 11.3 Å². The Bertz CT molecular complexity index is 826. The average molecular weight is 319 g/mol. The molecule has 22 heavy (non-hydrogen) atoms. The van der Waals surface area contributed by atoms with Gasteiger partial charge in [0.15, 0.2) is 0 Å². The molecule has 3 rings (SSSR count). The van der Waals surface area contributed by atoms with E-state index in [4.69, 9.17) is 0 Å². The molecule has 0 aliphatic heterocycles. The van der Waals surface area contributed by atoms with E-state index in [1.165, 1.54) is 15.7 Å². The van der Waals surface area contributed by atoms with Crippen LogP contribution in [-0.4, -0.2) is 38.4 Å². The standard InChI is InChI=1S/C12H13N7O2S/c1-17(2)11-13-4-3-8(15-11)7-14-9-10(19(20)21)18-5-6-22-12(18)16-9/h3-6,14H,7H2,1-2H3. The van der Waals surface area contributed by atoms with E-state index >= 15 is 0 Å². The zero-order chi connectivity index (χ0) is 15.7. The Hall–Kier alpha value is -2.75. The second-order valence-electron chi connectivity index (χ2n) is 4.69. The predicted octanol–water partition coefficient (Wildman–Crippen LogP) is 1.77. The van der Waals surface area contributed by atoms with Crippen LogP contribution in [0.15, 0.2) is 23.8 Å². The molecule has 3 aromatic rings. The van der Waals surface area contributed by atoms with E-state index in [2.05, 4.69) is 20.3 Å². The van der Waals surface area contributed by atoms with Crippen LogP contribution in [0.5, 0.6) is 0 Å². The molecule has 0 aromatic carbocycles. The van der Waals surface area contributed by atoms with Crippen LogP contribution < -0.4 is 10.2 Å². The molecule has 0 aliphatic carbocycles. The van der Waals surface area contributed by atoms with Gasteiger partial charge in [-0.05, 0) is 11.0 Å². The molecular weight excluding hydrogens is 306 g/mol. The monoisotopic (exact) mass is 319 g/mol. The number of nitrogens with one attached hydrogen (secondary N) is 1. The van der Waals surface area contributed by atoms with Crippen LogP contribution in [-0.2, 0) is 6.54 Å². The van der Waals surface area contributed by atoms with Gasteiger partial charge in [0.2, 0.25) is 11.8 Å². The van der Waals surface area contributed by atoms with Gasteiger partial charge in [-0.15, -0.1) is 0 Å². The molecule has 0 atom stereocenters. The van der Waals surface area contributed by atoms with Crippen LogP contribution in [0.4, 0.5) is 17.6 Å². The van der Waals surface area contributed by atoms with Gasteiger partial charge < -0.3 is 20.3 Å². The Labute approximate surface area is 129 Å². The largest absolute Gasteiger partial charge is 0.372 e. The molecule has 0 bridgehead atoms. The highest BCUT2D eigenvalue weighted by atomic mass is 32.1. The molecule has 0 unspecified atom stereocenters. The van der Waals surface area contributed by atoms with E-state index in [0.29, 0.717) is 17.5 Å². The first-order chi connectivity index (χ1) is 10.6. The summed E-state index contributed by atoms with van der Waals surface area (Å²) in [6, 6.07) is 1.75. The maximum absolute atomic E-state index is 11.2. The molecule has 0 aliphatic rings. The molecule has 114 valence electrons. The van der Waals surface area contributed by atoms with Gasteiger partial charge in [0.05, 0.1) is 12.2 Å². The van der Waals surface area contributed by atoms with Crippen molar-refractivity contribution in [2.45, 2.75) is 6.54 Å². The maximum atomic E-state index is 11.2. The fourth-order valence-corrected chi connectivity index (χ4v) is 2.65. The highest BCUT2D eigenvalue weighted by molar-refractivity contribution is 7.15. The molecule has 0 fully saturated rings. The summed E-state index contributed by atoms with van der Waals surface area (Å²) in [6.45, 7) is 0.328. The van der Waals surface area contributed by atoms with Crippen LogP contribution in [0.25, 0.3) is 4.96 Å². The Balaban J connectivity index is 1.85. The predicted molar refractivity (Wildman–Crippen MR) is 83.4 cm³/mol. The maximum Gasteiger partial charge on any atom is 0.372 e. The van der Waals surface area contributed by atoms with E-state index in [0.717, 1.165) is 5.69 Å². The van der Waals surface area contributed by atoms with Gasteiger partial charge in [-0.2, -0.15) is 9.38 Å². The molecule has 0 spiro atoms. The highest BCUT2D eigenvalue weighted by Gasteiger charge is 2.23. The van der Waals surface area contributed by atoms with Crippen molar-refractivity contribution in [1.29, 1.82) is 0 Å². The Morgan fingerprint density at radius 2 is 2.27 bits per heavy atom. The fraction of sp³-hybridized carbons (Fsp3) is 0.250. The summed E-state index contributed by atoms with van der Waals surface area (Å²) in [5.41, 5.74) is 0.726. The number of hydrogen-bond acceptors (Lipinski definition) is 8. The number of aromatic nitrogens is 4. The number of rotatable bonds is 5. The number of fused-ring (bicyclic) bond motifs is 1. The molecule has 0 radical (unpaired) electrons. The first-order valence-corrected chi connectivity index (χ1v) is 7.27. The quantitative estimate of drug-likeness (QED) is 0.565. The molecule has 9 nitrogen and oxygen atoms in total. The van der Waals surface area contributed by atoms with Crippen molar-refractivity contribution in [1.82, 2.24) is 19.4 Å². The van der Waals surface area contributed by atoms with Crippen LogP contribution >= 0.6 is 11.3 Å². The highest BCUT2D eigenvalue weighted by Crippen LogP contribution is 2.28. The molecule has 3 heterocycles. The Kier molecular flexibility index (Phi) is 3.59. The lowest BCUT2D eigenvalue weighted by Gasteiger charge is -2.10. The van der Waals surface area contributed by atoms with E-state index in [1.807, 2.05) is 14.1 Å². The summed E-state index contributed by atoms with van der Waals surface area (Å²) in [7, 11) is 3.70. The summed E-state index contributed by atoms with van der Waals surface area (Å²) >= 11 is 1.34. The summed E-state index contributed by atoms with van der Waals surface area (Å²) in [6.07, 6.45) is 3.28. The number of hydrogen-bond donors (Lipinski definition) is 1. The second-order valence-corrected chi connectivity index (χ2v) is 5.57. The SMILES string of the molecule is CN(C)c1nccc(CNc2nc3sccn3c2[N+](=O)[O-])n1. The number of imidazole rings is 1. The van der Waals surface area contributed by atoms with Gasteiger partial charge >= 0.3 is 5.82 Å². The zero-order valence-electron chi connectivity index (χ0n) is 11.9. The van der Waals surface area contributed by atoms with Crippen molar-refractivity contribution >= 4 is 33.9 Å². The third-order valence-corrected chi connectivity index (χ3v) is 3.70. The summed E-state index contributed by atoms with van der Waals surface area (Å²) in [5, 5.41) is 16.0. The molecule has 0 amide bonds. The van der Waals surface area contributed by atoms with Gasteiger partial charge in [0, 0.05) is 25.7 Å². The lowest BCUT2D eigenvalue weighted by Crippen LogP contribution is -2.14. The normalized spacial score (nSPS) is 10.8. The Morgan fingerprint density at radius 3 is 3.00 bits per heavy atom. The first kappa shape index (κ1) is 14.2. The smallest absolute Gasteiger partial charge is 0.358 e. The summed E-state index contributed by atoms with van der Waals surface area (Å²) in [4.78, 5) is 25.9. The van der Waals surface area contributed by atoms with Crippen molar-refractivity contribution in [3.63, 3.8) is 0 Å². The lowest BCUT2D eigenvalue weighted by molar-refractivity contribution is -0.389. The van der Waals surface area contributed by atoms with Crippen molar-refractivity contribution < 1.29 is 4.92 Å². The Morgan fingerprint density at radius 1 is 1.45 bits per heavy atom. The first-order valence-electron chi connectivity index (χ1n) is 6.39. The summed E-state index contributed by atoms with van der Waals surface area (Å²) in [5.74, 6) is 0.750. The van der Waals surface area contributed by atoms with Gasteiger partial charge in [0.1, 0.15) is 6.20 Å². The molecule has 3 aromatic heterocycles. The summed E-state index contributed by atoms with van der Waals surface area (Å²) < 4.78 is 1.46. The number of thiazole rings is 1. The minimum absolute atomic E-state index is 0.0712.